The molecule has 0 saturated carbocycles. The second-order valence-corrected chi connectivity index (χ2v) is 6.77. The molecule has 1 aliphatic heterocycles. The third-order valence-electron chi connectivity index (χ3n) is 4.65. The van der Waals surface area contributed by atoms with Crippen molar-refractivity contribution in [2.75, 3.05) is 29.9 Å². The highest BCUT2D eigenvalue weighted by Gasteiger charge is 2.19. The number of hydrogen-bond acceptors (Lipinski definition) is 4. The fourth-order valence-corrected chi connectivity index (χ4v) is 3.12. The number of aromatic nitrogens is 1. The van der Waals surface area contributed by atoms with Crippen LogP contribution in [0.3, 0.4) is 0 Å². The van der Waals surface area contributed by atoms with Gasteiger partial charge in [0.05, 0.1) is 6.54 Å². The van der Waals surface area contributed by atoms with Crippen molar-refractivity contribution < 1.29 is 9.59 Å². The Labute approximate surface area is 174 Å². The Bertz CT molecular complexity index is 1120. The monoisotopic (exact) mass is 396 g/mol. The molecule has 6 heteroatoms. The van der Waals surface area contributed by atoms with E-state index in [1.807, 2.05) is 42.5 Å². The topological polar surface area (TPSA) is 74.3 Å². The molecular formula is C24H20N4O2. The van der Waals surface area contributed by atoms with Gasteiger partial charge in [0.25, 0.3) is 5.91 Å². The molecule has 4 rings (SSSR count). The quantitative estimate of drug-likeness (QED) is 0.668. The second-order valence-electron chi connectivity index (χ2n) is 6.77. The van der Waals surface area contributed by atoms with Gasteiger partial charge in [-0.05, 0) is 60.5 Å². The van der Waals surface area contributed by atoms with E-state index in [9.17, 15) is 9.59 Å². The summed E-state index contributed by atoms with van der Waals surface area (Å²) in [6, 6.07) is 20.0. The number of anilines is 2. The number of benzene rings is 2. The summed E-state index contributed by atoms with van der Waals surface area (Å²) in [5.74, 6) is 5.87. The summed E-state index contributed by atoms with van der Waals surface area (Å²) in [4.78, 5) is 30.5. The number of pyridine rings is 1. The maximum absolute atomic E-state index is 12.6. The summed E-state index contributed by atoms with van der Waals surface area (Å²) in [6.07, 6.45) is 1.70. The molecular weight excluding hydrogens is 376 g/mol. The van der Waals surface area contributed by atoms with Crippen molar-refractivity contribution in [3.8, 4) is 11.8 Å². The van der Waals surface area contributed by atoms with Crippen LogP contribution in [-0.2, 0) is 4.79 Å². The van der Waals surface area contributed by atoms with Crippen LogP contribution in [0.25, 0.3) is 0 Å². The van der Waals surface area contributed by atoms with Crippen LogP contribution in [0.4, 0.5) is 11.4 Å². The first-order valence-corrected chi connectivity index (χ1v) is 9.65. The van der Waals surface area contributed by atoms with Gasteiger partial charge in [-0.2, -0.15) is 0 Å². The largest absolute Gasteiger partial charge is 0.322 e. The summed E-state index contributed by atoms with van der Waals surface area (Å²) in [7, 11) is 0. The number of hydrogen-bond donors (Lipinski definition) is 2. The zero-order valence-electron chi connectivity index (χ0n) is 16.3. The lowest BCUT2D eigenvalue weighted by molar-refractivity contribution is -0.118. The third kappa shape index (κ3) is 4.72. The fourth-order valence-electron chi connectivity index (χ4n) is 3.12. The lowest BCUT2D eigenvalue weighted by Gasteiger charge is -2.27. The van der Waals surface area contributed by atoms with E-state index in [0.29, 0.717) is 30.0 Å². The molecule has 0 spiro atoms. The van der Waals surface area contributed by atoms with Crippen molar-refractivity contribution in [2.45, 2.75) is 0 Å². The Balaban J connectivity index is 1.44. The van der Waals surface area contributed by atoms with E-state index < -0.39 is 0 Å². The molecule has 1 aromatic heterocycles. The molecule has 0 unspecified atom stereocenters. The van der Waals surface area contributed by atoms with Crippen LogP contribution in [0.1, 0.15) is 21.6 Å². The normalized spacial score (nSPS) is 13.3. The molecule has 2 aromatic carbocycles. The van der Waals surface area contributed by atoms with E-state index in [2.05, 4.69) is 27.5 Å². The summed E-state index contributed by atoms with van der Waals surface area (Å²) < 4.78 is 0. The Kier molecular flexibility index (Phi) is 5.83. The molecule has 1 aliphatic rings. The standard InChI is InChI=1S/C24H20N4O2/c29-23-17-25-14-15-28(23)22-11-8-19(9-12-22)24(30)27-21-6-3-4-18(16-21)7-10-20-5-1-2-13-26-20/h1-6,8-9,11-13,16,25H,14-15,17H2,(H,27,30). The Morgan fingerprint density at radius 1 is 1.03 bits per heavy atom. The van der Waals surface area contributed by atoms with Gasteiger partial charge in [0, 0.05) is 41.8 Å². The molecule has 30 heavy (non-hydrogen) atoms. The number of carbonyl (C=O) groups excluding carboxylic acids is 2. The van der Waals surface area contributed by atoms with Gasteiger partial charge in [-0.3, -0.25) is 9.59 Å². The van der Waals surface area contributed by atoms with Crippen molar-refractivity contribution in [1.82, 2.24) is 10.3 Å². The zero-order valence-corrected chi connectivity index (χ0v) is 16.3. The first-order chi connectivity index (χ1) is 14.7. The van der Waals surface area contributed by atoms with Crippen molar-refractivity contribution >= 4 is 23.2 Å². The van der Waals surface area contributed by atoms with Gasteiger partial charge in [-0.1, -0.05) is 18.1 Å². The molecule has 0 atom stereocenters. The van der Waals surface area contributed by atoms with Crippen molar-refractivity contribution in [3.63, 3.8) is 0 Å². The van der Waals surface area contributed by atoms with Gasteiger partial charge >= 0.3 is 0 Å². The smallest absolute Gasteiger partial charge is 0.255 e. The van der Waals surface area contributed by atoms with Crippen LogP contribution in [0.15, 0.2) is 72.9 Å². The summed E-state index contributed by atoms with van der Waals surface area (Å²) >= 11 is 0. The maximum atomic E-state index is 12.6. The van der Waals surface area contributed by atoms with Crippen LogP contribution in [0.2, 0.25) is 0 Å². The molecule has 6 nitrogen and oxygen atoms in total. The zero-order chi connectivity index (χ0) is 20.8. The van der Waals surface area contributed by atoms with Crippen molar-refractivity contribution in [1.29, 1.82) is 0 Å². The Morgan fingerprint density at radius 2 is 1.90 bits per heavy atom. The predicted octanol–water partition coefficient (Wildman–Crippen LogP) is 2.67. The van der Waals surface area contributed by atoms with Crippen molar-refractivity contribution in [2.24, 2.45) is 0 Å². The van der Waals surface area contributed by atoms with Gasteiger partial charge in [0.15, 0.2) is 0 Å². The van der Waals surface area contributed by atoms with Crippen LogP contribution < -0.4 is 15.5 Å². The molecule has 3 aromatic rings. The van der Waals surface area contributed by atoms with Gasteiger partial charge < -0.3 is 15.5 Å². The van der Waals surface area contributed by atoms with Crippen LogP contribution in [0.5, 0.6) is 0 Å². The minimum atomic E-state index is -0.219. The average Bonchev–Trinajstić information content (AvgIpc) is 2.79. The molecule has 0 bridgehead atoms. The SMILES string of the molecule is O=C(Nc1cccc(C#Cc2ccccn2)c1)c1ccc(N2CCNCC2=O)cc1. The summed E-state index contributed by atoms with van der Waals surface area (Å²) in [6.45, 7) is 1.71. The number of rotatable bonds is 3. The molecule has 2 heterocycles. The number of nitrogens with zero attached hydrogens (tertiary/aromatic N) is 2. The predicted molar refractivity (Wildman–Crippen MR) is 116 cm³/mol. The van der Waals surface area contributed by atoms with E-state index in [0.717, 1.165) is 17.8 Å². The highest BCUT2D eigenvalue weighted by atomic mass is 16.2. The molecule has 1 saturated heterocycles. The molecule has 0 radical (unpaired) electrons. The maximum Gasteiger partial charge on any atom is 0.255 e. The second kappa shape index (κ2) is 9.03. The van der Waals surface area contributed by atoms with E-state index in [4.69, 9.17) is 0 Å². The highest BCUT2D eigenvalue weighted by Crippen LogP contribution is 2.18. The van der Waals surface area contributed by atoms with E-state index in [1.165, 1.54) is 0 Å². The molecule has 0 aliphatic carbocycles. The first-order valence-electron chi connectivity index (χ1n) is 9.65. The van der Waals surface area contributed by atoms with E-state index in [-0.39, 0.29) is 11.8 Å². The molecule has 2 N–H and O–H groups in total. The van der Waals surface area contributed by atoms with Gasteiger partial charge in [-0.15, -0.1) is 0 Å². The molecule has 1 fully saturated rings. The minimum absolute atomic E-state index is 0.0297. The van der Waals surface area contributed by atoms with Gasteiger partial charge in [0.1, 0.15) is 5.69 Å². The Morgan fingerprint density at radius 3 is 2.67 bits per heavy atom. The molecule has 148 valence electrons. The van der Waals surface area contributed by atoms with Gasteiger partial charge in [-0.25, -0.2) is 4.98 Å². The van der Waals surface area contributed by atoms with E-state index >= 15 is 0 Å². The average molecular weight is 396 g/mol. The third-order valence-corrected chi connectivity index (χ3v) is 4.65. The van der Waals surface area contributed by atoms with Crippen LogP contribution in [0, 0.1) is 11.8 Å². The van der Waals surface area contributed by atoms with Gasteiger partial charge in [0.2, 0.25) is 5.91 Å². The fraction of sp³-hybridized carbons (Fsp3) is 0.125. The summed E-state index contributed by atoms with van der Waals surface area (Å²) in [5, 5.41) is 5.94. The van der Waals surface area contributed by atoms with Crippen molar-refractivity contribution in [3.05, 3.63) is 89.7 Å². The number of carbonyl (C=O) groups is 2. The summed E-state index contributed by atoms with van der Waals surface area (Å²) in [5.41, 5.74) is 3.45. The highest BCUT2D eigenvalue weighted by molar-refractivity contribution is 6.05. The number of amides is 2. The minimum Gasteiger partial charge on any atom is -0.322 e. The lowest BCUT2D eigenvalue weighted by atomic mass is 10.1. The van der Waals surface area contributed by atoms with Crippen LogP contribution in [-0.4, -0.2) is 36.4 Å². The first kappa shape index (κ1) is 19.4. The van der Waals surface area contributed by atoms with E-state index in [1.54, 1.807) is 35.4 Å². The lowest BCUT2D eigenvalue weighted by Crippen LogP contribution is -2.48. The number of piperazine rings is 1. The Hall–Kier alpha value is -3.95. The number of nitrogens with one attached hydrogen (secondary N) is 2. The molecule has 2 amide bonds. The van der Waals surface area contributed by atoms with Crippen LogP contribution >= 0.6 is 0 Å².